The first-order valence-corrected chi connectivity index (χ1v) is 9.58. The lowest BCUT2D eigenvalue weighted by Gasteiger charge is -2.23. The molecule has 8 nitrogen and oxygen atoms in total. The van der Waals surface area contributed by atoms with Crippen LogP contribution in [0, 0.1) is 16.0 Å². The summed E-state index contributed by atoms with van der Waals surface area (Å²) in [7, 11) is 0. The van der Waals surface area contributed by atoms with Gasteiger partial charge in [0.05, 0.1) is 4.92 Å². The van der Waals surface area contributed by atoms with Crippen molar-refractivity contribution in [3.05, 3.63) is 39.9 Å². The summed E-state index contributed by atoms with van der Waals surface area (Å²) in [5.74, 6) is -0.143. The molecule has 0 bridgehead atoms. The number of amides is 1. The Morgan fingerprint density at radius 1 is 1.32 bits per heavy atom. The highest BCUT2D eigenvalue weighted by atomic mass is 35.5. The van der Waals surface area contributed by atoms with E-state index in [0.29, 0.717) is 24.3 Å². The second-order valence-corrected chi connectivity index (χ2v) is 8.21. The van der Waals surface area contributed by atoms with Crippen LogP contribution in [0.2, 0.25) is 0 Å². The second-order valence-electron chi connectivity index (χ2n) is 7.83. The van der Waals surface area contributed by atoms with Crippen molar-refractivity contribution < 1.29 is 24.0 Å². The average molecular weight is 413 g/mol. The maximum atomic E-state index is 12.7. The van der Waals surface area contributed by atoms with E-state index in [1.165, 1.54) is 24.3 Å². The van der Waals surface area contributed by atoms with Crippen LogP contribution in [0.25, 0.3) is 0 Å². The number of non-ortho nitro benzene ring substituents is 1. The monoisotopic (exact) mass is 412 g/mol. The van der Waals surface area contributed by atoms with Gasteiger partial charge >= 0.3 is 12.1 Å². The van der Waals surface area contributed by atoms with Crippen molar-refractivity contribution in [2.75, 3.05) is 5.88 Å². The number of alkyl halides is 1. The number of nitro benzene ring substituents is 1. The van der Waals surface area contributed by atoms with Crippen LogP contribution in [0.5, 0.6) is 0 Å². The van der Waals surface area contributed by atoms with E-state index >= 15 is 0 Å². The molecular weight excluding hydrogens is 388 g/mol. The minimum atomic E-state index is -1.12. The van der Waals surface area contributed by atoms with Crippen LogP contribution in [-0.2, 0) is 20.9 Å². The van der Waals surface area contributed by atoms with Crippen molar-refractivity contribution >= 4 is 29.4 Å². The number of carbonyl (C=O) groups excluding carboxylic acids is 2. The van der Waals surface area contributed by atoms with Gasteiger partial charge in [0.2, 0.25) is 0 Å². The number of esters is 1. The van der Waals surface area contributed by atoms with E-state index < -0.39 is 28.1 Å². The van der Waals surface area contributed by atoms with E-state index in [4.69, 9.17) is 21.1 Å². The molecule has 0 radical (unpaired) electrons. The standard InChI is InChI=1S/C19H25ClN2O6/c1-18(2,3)28-17(24)21-19(11-14(19)5-4-10-20)16(23)27-12-13-6-8-15(9-7-13)22(25)26/h6-9,14H,4-5,10-12H2,1-3H3,(H,21,24). The molecule has 0 heterocycles. The normalized spacial score (nSPS) is 20.9. The summed E-state index contributed by atoms with van der Waals surface area (Å²) in [6.45, 7) is 5.18. The minimum absolute atomic E-state index is 0.0403. The Labute approximate surface area is 168 Å². The number of halogens is 1. The van der Waals surface area contributed by atoms with Gasteiger partial charge < -0.3 is 14.8 Å². The Morgan fingerprint density at radius 3 is 2.50 bits per heavy atom. The maximum Gasteiger partial charge on any atom is 0.408 e. The van der Waals surface area contributed by atoms with Gasteiger partial charge in [-0.25, -0.2) is 9.59 Å². The number of hydrogen-bond acceptors (Lipinski definition) is 6. The lowest BCUT2D eigenvalue weighted by Crippen LogP contribution is -2.47. The molecule has 1 N–H and O–H groups in total. The van der Waals surface area contributed by atoms with Gasteiger partial charge in [0, 0.05) is 18.0 Å². The number of nitro groups is 1. The van der Waals surface area contributed by atoms with Crippen LogP contribution < -0.4 is 5.32 Å². The van der Waals surface area contributed by atoms with E-state index in [1.54, 1.807) is 20.8 Å². The first-order valence-electron chi connectivity index (χ1n) is 9.05. The van der Waals surface area contributed by atoms with E-state index in [-0.39, 0.29) is 18.2 Å². The molecule has 0 aromatic heterocycles. The molecule has 1 aliphatic carbocycles. The summed E-state index contributed by atoms with van der Waals surface area (Å²) in [5, 5.41) is 13.4. The van der Waals surface area contributed by atoms with Crippen molar-refractivity contribution in [3.8, 4) is 0 Å². The van der Waals surface area contributed by atoms with Gasteiger partial charge in [-0.3, -0.25) is 10.1 Å². The fraction of sp³-hybridized carbons (Fsp3) is 0.579. The summed E-state index contributed by atoms with van der Waals surface area (Å²) in [6.07, 6.45) is 1.20. The molecule has 0 aliphatic heterocycles. The van der Waals surface area contributed by atoms with Crippen molar-refractivity contribution in [1.82, 2.24) is 5.32 Å². The summed E-state index contributed by atoms with van der Waals surface area (Å²) < 4.78 is 10.7. The number of nitrogens with zero attached hydrogens (tertiary/aromatic N) is 1. The van der Waals surface area contributed by atoms with Gasteiger partial charge in [0.1, 0.15) is 17.7 Å². The summed E-state index contributed by atoms with van der Waals surface area (Å²) in [6, 6.07) is 5.74. The molecule has 1 aromatic carbocycles. The molecule has 28 heavy (non-hydrogen) atoms. The SMILES string of the molecule is CC(C)(C)OC(=O)NC1(C(=O)OCc2ccc([N+](=O)[O-])cc2)CC1CCCCl. The topological polar surface area (TPSA) is 108 Å². The zero-order chi connectivity index (χ0) is 20.9. The summed E-state index contributed by atoms with van der Waals surface area (Å²) in [5.41, 5.74) is -1.23. The van der Waals surface area contributed by atoms with E-state index in [2.05, 4.69) is 5.32 Å². The molecule has 0 saturated heterocycles. The zero-order valence-electron chi connectivity index (χ0n) is 16.2. The third-order valence-corrected chi connectivity index (χ3v) is 4.66. The van der Waals surface area contributed by atoms with E-state index in [9.17, 15) is 19.7 Å². The molecule has 1 saturated carbocycles. The maximum absolute atomic E-state index is 12.7. The van der Waals surface area contributed by atoms with Gasteiger partial charge in [-0.05, 0) is 63.6 Å². The van der Waals surface area contributed by atoms with Crippen LogP contribution in [0.3, 0.4) is 0 Å². The average Bonchev–Trinajstić information content (AvgIpc) is 3.30. The van der Waals surface area contributed by atoms with Crippen LogP contribution in [0.1, 0.15) is 45.6 Å². The molecule has 0 spiro atoms. The molecule has 1 fully saturated rings. The molecule has 1 aromatic rings. The lowest BCUT2D eigenvalue weighted by atomic mass is 10.1. The Balaban J connectivity index is 2.01. The van der Waals surface area contributed by atoms with Crippen LogP contribution in [-0.4, -0.2) is 34.0 Å². The molecule has 9 heteroatoms. The van der Waals surface area contributed by atoms with Crippen molar-refractivity contribution in [3.63, 3.8) is 0 Å². The molecule has 2 unspecified atom stereocenters. The van der Waals surface area contributed by atoms with E-state index in [0.717, 1.165) is 6.42 Å². The number of carbonyl (C=O) groups is 2. The number of hydrogen-bond donors (Lipinski definition) is 1. The van der Waals surface area contributed by atoms with Crippen LogP contribution in [0.15, 0.2) is 24.3 Å². The smallest absolute Gasteiger partial charge is 0.408 e. The highest BCUT2D eigenvalue weighted by Gasteiger charge is 2.62. The first-order chi connectivity index (χ1) is 13.1. The van der Waals surface area contributed by atoms with Crippen molar-refractivity contribution in [2.45, 2.75) is 57.8 Å². The minimum Gasteiger partial charge on any atom is -0.459 e. The number of rotatable bonds is 8. The Hall–Kier alpha value is -2.35. The third-order valence-electron chi connectivity index (χ3n) is 4.40. The van der Waals surface area contributed by atoms with Crippen LogP contribution in [0.4, 0.5) is 10.5 Å². The number of alkyl carbamates (subject to hydrolysis) is 1. The van der Waals surface area contributed by atoms with Gasteiger partial charge in [-0.2, -0.15) is 0 Å². The third kappa shape index (κ3) is 5.82. The van der Waals surface area contributed by atoms with Gasteiger partial charge in [-0.1, -0.05) is 0 Å². The Morgan fingerprint density at radius 2 is 1.96 bits per heavy atom. The zero-order valence-corrected chi connectivity index (χ0v) is 17.0. The molecule has 154 valence electrons. The first kappa shape index (κ1) is 21.9. The quantitative estimate of drug-likeness (QED) is 0.300. The number of benzene rings is 1. The molecular formula is C19H25ClN2O6. The van der Waals surface area contributed by atoms with Gasteiger partial charge in [0.15, 0.2) is 0 Å². The number of nitrogens with one attached hydrogen (secondary N) is 1. The molecule has 1 amide bonds. The largest absolute Gasteiger partial charge is 0.459 e. The molecule has 2 atom stereocenters. The fourth-order valence-corrected chi connectivity index (χ4v) is 3.09. The highest BCUT2D eigenvalue weighted by molar-refractivity contribution is 6.17. The summed E-state index contributed by atoms with van der Waals surface area (Å²) >= 11 is 5.74. The Kier molecular flexibility index (Phi) is 6.87. The number of ether oxygens (including phenoxy) is 2. The fourth-order valence-electron chi connectivity index (χ4n) is 2.93. The van der Waals surface area contributed by atoms with Crippen molar-refractivity contribution in [1.29, 1.82) is 0 Å². The van der Waals surface area contributed by atoms with Crippen LogP contribution >= 0.6 is 11.6 Å². The second kappa shape index (κ2) is 8.77. The van der Waals surface area contributed by atoms with E-state index in [1.807, 2.05) is 0 Å². The molecule has 2 rings (SSSR count). The van der Waals surface area contributed by atoms with Gasteiger partial charge in [0.25, 0.3) is 5.69 Å². The lowest BCUT2D eigenvalue weighted by molar-refractivity contribution is -0.384. The van der Waals surface area contributed by atoms with Crippen molar-refractivity contribution in [2.24, 2.45) is 5.92 Å². The Bertz CT molecular complexity index is 731. The predicted octanol–water partition coefficient (Wildman–Crippen LogP) is 3.94. The van der Waals surface area contributed by atoms with Gasteiger partial charge in [-0.15, -0.1) is 11.6 Å². The highest BCUT2D eigenvalue weighted by Crippen LogP contribution is 2.48. The molecule has 1 aliphatic rings. The summed E-state index contributed by atoms with van der Waals surface area (Å²) in [4.78, 5) is 35.1. The predicted molar refractivity (Wildman–Crippen MR) is 103 cm³/mol.